The Labute approximate surface area is 105 Å². The molecule has 0 bridgehead atoms. The highest BCUT2D eigenvalue weighted by Gasteiger charge is 1.92. The standard InChI is InChI=1S/C9H12.C6H12O2/c1-7-4-5-8(2)9(3)6-7;1-2-3-4-5-6(7)8/h4-6H,1-3H3;2-5H2,1H3,(H,7,8). The van der Waals surface area contributed by atoms with Crippen LogP contribution >= 0.6 is 0 Å². The van der Waals surface area contributed by atoms with Crippen LogP contribution in [-0.4, -0.2) is 11.1 Å². The summed E-state index contributed by atoms with van der Waals surface area (Å²) in [6.07, 6.45) is 3.28. The SMILES string of the molecule is CCCCCC(=O)O.Cc1ccc(C)c(C)c1. The average Bonchev–Trinajstić information content (AvgIpc) is 2.25. The van der Waals surface area contributed by atoms with E-state index in [1.807, 2.05) is 0 Å². The highest BCUT2D eigenvalue weighted by molar-refractivity contribution is 5.66. The minimum absolute atomic E-state index is 0.327. The predicted octanol–water partition coefficient (Wildman–Crippen LogP) is 4.26. The number of unbranched alkanes of at least 4 members (excludes halogenated alkanes) is 2. The minimum Gasteiger partial charge on any atom is -0.481 e. The van der Waals surface area contributed by atoms with Crippen LogP contribution in [0.5, 0.6) is 0 Å². The number of carboxylic acid groups (broad SMARTS) is 1. The molecule has 96 valence electrons. The van der Waals surface area contributed by atoms with Gasteiger partial charge in [-0.3, -0.25) is 4.79 Å². The molecule has 0 spiro atoms. The summed E-state index contributed by atoms with van der Waals surface area (Å²) in [4.78, 5) is 9.87. The van der Waals surface area contributed by atoms with Crippen LogP contribution in [-0.2, 0) is 4.79 Å². The molecule has 2 nitrogen and oxygen atoms in total. The van der Waals surface area contributed by atoms with Crippen LogP contribution < -0.4 is 0 Å². The molecule has 1 aromatic carbocycles. The van der Waals surface area contributed by atoms with Crippen molar-refractivity contribution in [1.29, 1.82) is 0 Å². The molecule has 0 aliphatic carbocycles. The maximum atomic E-state index is 9.87. The van der Waals surface area contributed by atoms with E-state index in [-0.39, 0.29) is 0 Å². The van der Waals surface area contributed by atoms with Gasteiger partial charge < -0.3 is 5.11 Å². The van der Waals surface area contributed by atoms with Crippen molar-refractivity contribution in [2.45, 2.75) is 53.4 Å². The number of benzene rings is 1. The van der Waals surface area contributed by atoms with Gasteiger partial charge in [-0.2, -0.15) is 0 Å². The van der Waals surface area contributed by atoms with E-state index in [1.54, 1.807) is 0 Å². The Bertz CT molecular complexity index is 343. The molecule has 0 amide bonds. The molecule has 1 aromatic rings. The van der Waals surface area contributed by atoms with Gasteiger partial charge in [0.05, 0.1) is 0 Å². The van der Waals surface area contributed by atoms with Crippen LogP contribution in [0.4, 0.5) is 0 Å². The van der Waals surface area contributed by atoms with E-state index in [4.69, 9.17) is 5.11 Å². The molecule has 0 fully saturated rings. The molecule has 0 atom stereocenters. The summed E-state index contributed by atoms with van der Waals surface area (Å²) in [6.45, 7) is 8.45. The van der Waals surface area contributed by atoms with E-state index in [2.05, 4.69) is 45.9 Å². The van der Waals surface area contributed by atoms with Crippen LogP contribution in [0.25, 0.3) is 0 Å². The topological polar surface area (TPSA) is 37.3 Å². The van der Waals surface area contributed by atoms with Gasteiger partial charge in [-0.05, 0) is 38.3 Å². The molecular weight excluding hydrogens is 212 g/mol. The molecule has 0 radical (unpaired) electrons. The summed E-state index contributed by atoms with van der Waals surface area (Å²) in [5.74, 6) is -0.682. The Hall–Kier alpha value is -1.31. The highest BCUT2D eigenvalue weighted by Crippen LogP contribution is 2.07. The molecule has 2 heteroatoms. The van der Waals surface area contributed by atoms with Gasteiger partial charge >= 0.3 is 5.97 Å². The van der Waals surface area contributed by atoms with Crippen LogP contribution in [0.15, 0.2) is 18.2 Å². The van der Waals surface area contributed by atoms with E-state index >= 15 is 0 Å². The fourth-order valence-corrected chi connectivity index (χ4v) is 1.42. The predicted molar refractivity (Wildman–Crippen MR) is 72.4 cm³/mol. The Morgan fingerprint density at radius 3 is 2.18 bits per heavy atom. The number of hydrogen-bond donors (Lipinski definition) is 1. The third kappa shape index (κ3) is 8.49. The van der Waals surface area contributed by atoms with Crippen molar-refractivity contribution in [2.75, 3.05) is 0 Å². The first-order valence-corrected chi connectivity index (χ1v) is 6.23. The number of carbonyl (C=O) groups is 1. The van der Waals surface area contributed by atoms with Gasteiger partial charge in [-0.25, -0.2) is 0 Å². The third-order valence-corrected chi connectivity index (χ3v) is 2.66. The zero-order chi connectivity index (χ0) is 13.3. The van der Waals surface area contributed by atoms with E-state index in [0.717, 1.165) is 19.3 Å². The Morgan fingerprint density at radius 1 is 1.12 bits per heavy atom. The number of aliphatic carboxylic acids is 1. The minimum atomic E-state index is -0.682. The van der Waals surface area contributed by atoms with Gasteiger partial charge in [0, 0.05) is 6.42 Å². The Kier molecular flexibility index (Phi) is 8.12. The van der Waals surface area contributed by atoms with Crippen LogP contribution in [0, 0.1) is 20.8 Å². The lowest BCUT2D eigenvalue weighted by Crippen LogP contribution is -1.92. The summed E-state index contributed by atoms with van der Waals surface area (Å²) >= 11 is 0. The normalized spacial score (nSPS) is 9.41. The quantitative estimate of drug-likeness (QED) is 0.793. The second kappa shape index (κ2) is 8.80. The van der Waals surface area contributed by atoms with Gasteiger partial charge in [0.2, 0.25) is 0 Å². The molecule has 0 heterocycles. The first kappa shape index (κ1) is 15.7. The summed E-state index contributed by atoms with van der Waals surface area (Å²) in [5.41, 5.74) is 4.11. The zero-order valence-electron chi connectivity index (χ0n) is 11.4. The van der Waals surface area contributed by atoms with Crippen molar-refractivity contribution in [3.8, 4) is 0 Å². The van der Waals surface area contributed by atoms with Crippen molar-refractivity contribution >= 4 is 5.97 Å². The Balaban J connectivity index is 0.000000304. The number of hydrogen-bond acceptors (Lipinski definition) is 1. The van der Waals surface area contributed by atoms with Gasteiger partial charge in [0.25, 0.3) is 0 Å². The molecule has 0 aliphatic rings. The second-order valence-corrected chi connectivity index (χ2v) is 4.44. The lowest BCUT2D eigenvalue weighted by atomic mass is 10.1. The summed E-state index contributed by atoms with van der Waals surface area (Å²) in [5, 5.41) is 8.14. The average molecular weight is 236 g/mol. The number of aryl methyl sites for hydroxylation is 3. The Morgan fingerprint density at radius 2 is 1.76 bits per heavy atom. The lowest BCUT2D eigenvalue weighted by molar-refractivity contribution is -0.137. The molecule has 1 rings (SSSR count). The van der Waals surface area contributed by atoms with E-state index < -0.39 is 5.97 Å². The van der Waals surface area contributed by atoms with Crippen LogP contribution in [0.1, 0.15) is 49.3 Å². The monoisotopic (exact) mass is 236 g/mol. The summed E-state index contributed by atoms with van der Waals surface area (Å²) in [7, 11) is 0. The van der Waals surface area contributed by atoms with Gasteiger partial charge in [-0.15, -0.1) is 0 Å². The number of carboxylic acids is 1. The molecule has 0 aromatic heterocycles. The second-order valence-electron chi connectivity index (χ2n) is 4.44. The maximum Gasteiger partial charge on any atom is 0.303 e. The third-order valence-electron chi connectivity index (χ3n) is 2.66. The maximum absolute atomic E-state index is 9.87. The highest BCUT2D eigenvalue weighted by atomic mass is 16.4. The molecule has 0 unspecified atom stereocenters. The van der Waals surface area contributed by atoms with E-state index in [1.165, 1.54) is 16.7 Å². The van der Waals surface area contributed by atoms with E-state index in [0.29, 0.717) is 6.42 Å². The van der Waals surface area contributed by atoms with Gasteiger partial charge in [0.15, 0.2) is 0 Å². The van der Waals surface area contributed by atoms with Gasteiger partial charge in [0.1, 0.15) is 0 Å². The van der Waals surface area contributed by atoms with Gasteiger partial charge in [-0.1, -0.05) is 43.5 Å². The van der Waals surface area contributed by atoms with Crippen LogP contribution in [0.2, 0.25) is 0 Å². The molecule has 0 saturated heterocycles. The summed E-state index contributed by atoms with van der Waals surface area (Å²) < 4.78 is 0. The fourth-order valence-electron chi connectivity index (χ4n) is 1.42. The molecular formula is C15H24O2. The van der Waals surface area contributed by atoms with E-state index in [9.17, 15) is 4.79 Å². The molecule has 0 saturated carbocycles. The van der Waals surface area contributed by atoms with Crippen molar-refractivity contribution in [1.82, 2.24) is 0 Å². The van der Waals surface area contributed by atoms with Crippen molar-refractivity contribution in [3.05, 3.63) is 34.9 Å². The summed E-state index contributed by atoms with van der Waals surface area (Å²) in [6, 6.07) is 6.50. The largest absolute Gasteiger partial charge is 0.481 e. The molecule has 0 aliphatic heterocycles. The van der Waals surface area contributed by atoms with Crippen molar-refractivity contribution in [2.24, 2.45) is 0 Å². The van der Waals surface area contributed by atoms with Crippen LogP contribution in [0.3, 0.4) is 0 Å². The first-order valence-electron chi connectivity index (χ1n) is 6.23. The zero-order valence-corrected chi connectivity index (χ0v) is 11.4. The fraction of sp³-hybridized carbons (Fsp3) is 0.533. The molecule has 17 heavy (non-hydrogen) atoms. The first-order chi connectivity index (χ1) is 7.97. The number of rotatable bonds is 4. The van der Waals surface area contributed by atoms with Crippen molar-refractivity contribution in [3.63, 3.8) is 0 Å². The lowest BCUT2D eigenvalue weighted by Gasteiger charge is -1.98. The smallest absolute Gasteiger partial charge is 0.303 e. The molecule has 1 N–H and O–H groups in total. The van der Waals surface area contributed by atoms with Crippen molar-refractivity contribution < 1.29 is 9.90 Å².